The maximum absolute atomic E-state index is 2.25. The second-order valence-corrected chi connectivity index (χ2v) is 3.14. The highest BCUT2D eigenvalue weighted by atomic mass is 13.9. The van der Waals surface area contributed by atoms with Gasteiger partial charge in [0, 0.05) is 0 Å². The van der Waals surface area contributed by atoms with E-state index >= 15 is 0 Å². The largest absolute Gasteiger partial charge is 0.0874 e. The van der Waals surface area contributed by atoms with E-state index in [-0.39, 0.29) is 0 Å². The second-order valence-electron chi connectivity index (χ2n) is 3.14. The minimum Gasteiger partial charge on any atom is -0.0874 e. The molecule has 1 rings (SSSR count). The molecule has 0 radical (unpaired) electrons. The number of rotatable bonds is 3. The van der Waals surface area contributed by atoms with Gasteiger partial charge in [0.05, 0.1) is 0 Å². The molecule has 68 valence electrons. The van der Waals surface area contributed by atoms with Crippen LogP contribution in [0.3, 0.4) is 0 Å². The van der Waals surface area contributed by atoms with Crippen molar-refractivity contribution in [2.24, 2.45) is 0 Å². The molecule has 0 bridgehead atoms. The van der Waals surface area contributed by atoms with Crippen LogP contribution in [0.5, 0.6) is 0 Å². The third-order valence-electron chi connectivity index (χ3n) is 1.93. The number of allylic oxidation sites excluding steroid dienone is 4. The summed E-state index contributed by atoms with van der Waals surface area (Å²) in [6, 6.07) is 10.5. The molecule has 0 atom stereocenters. The van der Waals surface area contributed by atoms with Gasteiger partial charge >= 0.3 is 0 Å². The summed E-state index contributed by atoms with van der Waals surface area (Å²) in [6.07, 6.45) is 7.46. The van der Waals surface area contributed by atoms with E-state index in [1.807, 2.05) is 13.0 Å². The van der Waals surface area contributed by atoms with Gasteiger partial charge in [0.15, 0.2) is 0 Å². The van der Waals surface area contributed by atoms with Crippen molar-refractivity contribution in [1.29, 1.82) is 0 Å². The van der Waals surface area contributed by atoms with Crippen LogP contribution in [0.4, 0.5) is 0 Å². The van der Waals surface area contributed by atoms with Crippen molar-refractivity contribution in [3.05, 3.63) is 59.7 Å². The lowest BCUT2D eigenvalue weighted by Crippen LogP contribution is -1.80. The molecule has 0 aromatic heterocycles. The van der Waals surface area contributed by atoms with Crippen LogP contribution in [0.1, 0.15) is 19.4 Å². The lowest BCUT2D eigenvalue weighted by Gasteiger charge is -1.95. The molecule has 0 heteroatoms. The predicted octanol–water partition coefficient (Wildman–Crippen LogP) is 3.75. The third kappa shape index (κ3) is 3.75. The number of benzene rings is 1. The van der Waals surface area contributed by atoms with Gasteiger partial charge in [0.25, 0.3) is 0 Å². The highest BCUT2D eigenvalue weighted by molar-refractivity contribution is 5.22. The Hall–Kier alpha value is -1.30. The highest BCUT2D eigenvalue weighted by Crippen LogP contribution is 2.03. The van der Waals surface area contributed by atoms with Gasteiger partial charge in [0.2, 0.25) is 0 Å². The van der Waals surface area contributed by atoms with Gasteiger partial charge in [0.1, 0.15) is 0 Å². The molecule has 0 nitrogen and oxygen atoms in total. The van der Waals surface area contributed by atoms with Crippen LogP contribution >= 0.6 is 0 Å². The zero-order chi connectivity index (χ0) is 9.52. The average Bonchev–Trinajstić information content (AvgIpc) is 2.17. The molecule has 0 aliphatic carbocycles. The lowest BCUT2D eigenvalue weighted by atomic mass is 10.1. The summed E-state index contributed by atoms with van der Waals surface area (Å²) in [5.41, 5.74) is 2.69. The molecular weight excluding hydrogens is 156 g/mol. The smallest absolute Gasteiger partial charge is 0.00917 e. The fourth-order valence-corrected chi connectivity index (χ4v) is 1.22. The Bertz CT molecular complexity index is 291. The van der Waals surface area contributed by atoms with Gasteiger partial charge in [-0.1, -0.05) is 54.1 Å². The highest BCUT2D eigenvalue weighted by Gasteiger charge is 1.86. The summed E-state index contributed by atoms with van der Waals surface area (Å²) in [4.78, 5) is 0. The first-order valence-corrected chi connectivity index (χ1v) is 4.66. The minimum absolute atomic E-state index is 1.02. The van der Waals surface area contributed by atoms with E-state index in [2.05, 4.69) is 49.4 Å². The molecule has 0 fully saturated rings. The van der Waals surface area contributed by atoms with Crippen molar-refractivity contribution in [3.63, 3.8) is 0 Å². The van der Waals surface area contributed by atoms with Gasteiger partial charge < -0.3 is 0 Å². The van der Waals surface area contributed by atoms with Gasteiger partial charge in [-0.25, -0.2) is 0 Å². The monoisotopic (exact) mass is 172 g/mol. The van der Waals surface area contributed by atoms with Gasteiger partial charge in [-0.15, -0.1) is 0 Å². The Labute approximate surface area is 80.6 Å². The van der Waals surface area contributed by atoms with E-state index in [0.717, 1.165) is 6.42 Å². The summed E-state index contributed by atoms with van der Waals surface area (Å²) in [5.74, 6) is 0. The molecule has 0 spiro atoms. The molecule has 0 saturated carbocycles. The predicted molar refractivity (Wildman–Crippen MR) is 58.7 cm³/mol. The molecule has 0 aliphatic rings. The quantitative estimate of drug-likeness (QED) is 0.609. The van der Waals surface area contributed by atoms with E-state index in [9.17, 15) is 0 Å². The molecule has 0 heterocycles. The standard InChI is InChI=1S/C13H16/c1-3-7-12(2)10-11-13-8-5-4-6-9-13/h3-10H,11H2,1-2H3. The Kier molecular flexibility index (Phi) is 4.04. The van der Waals surface area contributed by atoms with E-state index in [1.165, 1.54) is 11.1 Å². The minimum atomic E-state index is 1.02. The molecule has 0 N–H and O–H groups in total. The van der Waals surface area contributed by atoms with Crippen LogP contribution in [0.2, 0.25) is 0 Å². The maximum atomic E-state index is 2.25. The molecule has 0 amide bonds. The molecule has 1 aromatic rings. The van der Waals surface area contributed by atoms with Gasteiger partial charge in [-0.3, -0.25) is 0 Å². The average molecular weight is 172 g/mol. The summed E-state index contributed by atoms with van der Waals surface area (Å²) in [5, 5.41) is 0. The summed E-state index contributed by atoms with van der Waals surface area (Å²) in [7, 11) is 0. The Morgan fingerprint density at radius 2 is 1.92 bits per heavy atom. The van der Waals surface area contributed by atoms with E-state index in [0.29, 0.717) is 0 Å². The zero-order valence-electron chi connectivity index (χ0n) is 8.33. The SMILES string of the molecule is CC=CC(C)=CCc1ccccc1. The van der Waals surface area contributed by atoms with Crippen molar-refractivity contribution in [1.82, 2.24) is 0 Å². The van der Waals surface area contributed by atoms with Crippen LogP contribution in [0.25, 0.3) is 0 Å². The molecule has 13 heavy (non-hydrogen) atoms. The normalized spacial score (nSPS) is 12.3. The van der Waals surface area contributed by atoms with Crippen LogP contribution < -0.4 is 0 Å². The van der Waals surface area contributed by atoms with Gasteiger partial charge in [-0.2, -0.15) is 0 Å². The van der Waals surface area contributed by atoms with Crippen molar-refractivity contribution in [3.8, 4) is 0 Å². The summed E-state index contributed by atoms with van der Waals surface area (Å²) in [6.45, 7) is 4.17. The van der Waals surface area contributed by atoms with Crippen molar-refractivity contribution < 1.29 is 0 Å². The molecular formula is C13H16. The lowest BCUT2D eigenvalue weighted by molar-refractivity contribution is 1.24. The molecule has 1 aromatic carbocycles. The fourth-order valence-electron chi connectivity index (χ4n) is 1.22. The maximum Gasteiger partial charge on any atom is -0.00917 e. The van der Waals surface area contributed by atoms with Crippen molar-refractivity contribution in [2.75, 3.05) is 0 Å². The zero-order valence-corrected chi connectivity index (χ0v) is 8.33. The summed E-state index contributed by atoms with van der Waals surface area (Å²) >= 11 is 0. The third-order valence-corrected chi connectivity index (χ3v) is 1.93. The van der Waals surface area contributed by atoms with Crippen molar-refractivity contribution in [2.45, 2.75) is 20.3 Å². The first kappa shape index (κ1) is 9.79. The first-order chi connectivity index (χ1) is 6.33. The van der Waals surface area contributed by atoms with Crippen LogP contribution in [-0.4, -0.2) is 0 Å². The Morgan fingerprint density at radius 1 is 1.23 bits per heavy atom. The number of hydrogen-bond donors (Lipinski definition) is 0. The molecule has 0 aliphatic heterocycles. The van der Waals surface area contributed by atoms with Crippen LogP contribution in [-0.2, 0) is 6.42 Å². The van der Waals surface area contributed by atoms with Gasteiger partial charge in [-0.05, 0) is 25.8 Å². The van der Waals surface area contributed by atoms with Crippen molar-refractivity contribution >= 4 is 0 Å². The van der Waals surface area contributed by atoms with Crippen LogP contribution in [0.15, 0.2) is 54.1 Å². The Balaban J connectivity index is 2.56. The molecule has 0 unspecified atom stereocenters. The Morgan fingerprint density at radius 3 is 2.54 bits per heavy atom. The summed E-state index contributed by atoms with van der Waals surface area (Å²) < 4.78 is 0. The second kappa shape index (κ2) is 5.36. The first-order valence-electron chi connectivity index (χ1n) is 4.66. The molecule has 0 saturated heterocycles. The topological polar surface area (TPSA) is 0 Å². The van der Waals surface area contributed by atoms with E-state index in [4.69, 9.17) is 0 Å². The van der Waals surface area contributed by atoms with E-state index in [1.54, 1.807) is 0 Å². The van der Waals surface area contributed by atoms with E-state index < -0.39 is 0 Å². The number of hydrogen-bond acceptors (Lipinski definition) is 0. The fraction of sp³-hybridized carbons (Fsp3) is 0.231. The van der Waals surface area contributed by atoms with Crippen LogP contribution in [0, 0.1) is 0 Å².